The Morgan fingerprint density at radius 1 is 1.57 bits per heavy atom. The standard InChI is InChI=1S/C11H18N2O/c1-9-8-12-5-6-13(9)11(14)7-10-3-2-4-10/h7,9,12H,2-6,8H2,1H3/t9-/m1/s1. The molecule has 2 fully saturated rings. The monoisotopic (exact) mass is 194 g/mol. The van der Waals surface area contributed by atoms with Crippen LogP contribution in [0.3, 0.4) is 0 Å². The molecule has 1 aliphatic carbocycles. The molecular weight excluding hydrogens is 176 g/mol. The molecule has 0 aromatic rings. The van der Waals surface area contributed by atoms with E-state index in [2.05, 4.69) is 12.2 Å². The fourth-order valence-corrected chi connectivity index (χ4v) is 1.95. The number of nitrogens with zero attached hydrogens (tertiary/aromatic N) is 1. The highest BCUT2D eigenvalue weighted by Gasteiger charge is 2.22. The second-order valence-corrected chi connectivity index (χ2v) is 4.24. The van der Waals surface area contributed by atoms with Gasteiger partial charge in [-0.05, 0) is 26.2 Å². The molecule has 0 aromatic carbocycles. The molecule has 0 radical (unpaired) electrons. The Balaban J connectivity index is 1.95. The maximum atomic E-state index is 11.8. The summed E-state index contributed by atoms with van der Waals surface area (Å²) in [4.78, 5) is 13.8. The Morgan fingerprint density at radius 2 is 2.36 bits per heavy atom. The number of carbonyl (C=O) groups excluding carboxylic acids is 1. The predicted molar refractivity (Wildman–Crippen MR) is 56.0 cm³/mol. The van der Waals surface area contributed by atoms with Gasteiger partial charge in [0.15, 0.2) is 0 Å². The molecule has 1 saturated heterocycles. The van der Waals surface area contributed by atoms with E-state index >= 15 is 0 Å². The van der Waals surface area contributed by atoms with Crippen LogP contribution in [0.25, 0.3) is 0 Å². The fourth-order valence-electron chi connectivity index (χ4n) is 1.95. The van der Waals surface area contributed by atoms with Gasteiger partial charge in [0.25, 0.3) is 0 Å². The van der Waals surface area contributed by atoms with Crippen LogP contribution in [0.2, 0.25) is 0 Å². The number of hydrogen-bond donors (Lipinski definition) is 1. The third-order valence-corrected chi connectivity index (χ3v) is 3.11. The van der Waals surface area contributed by atoms with Crippen LogP contribution in [0.5, 0.6) is 0 Å². The van der Waals surface area contributed by atoms with Gasteiger partial charge < -0.3 is 10.2 Å². The average molecular weight is 194 g/mol. The maximum absolute atomic E-state index is 11.8. The van der Waals surface area contributed by atoms with E-state index in [1.165, 1.54) is 12.0 Å². The highest BCUT2D eigenvalue weighted by Crippen LogP contribution is 2.25. The maximum Gasteiger partial charge on any atom is 0.246 e. The highest BCUT2D eigenvalue weighted by molar-refractivity contribution is 5.88. The third-order valence-electron chi connectivity index (χ3n) is 3.11. The van der Waals surface area contributed by atoms with Gasteiger partial charge in [0, 0.05) is 31.8 Å². The minimum atomic E-state index is 0.216. The van der Waals surface area contributed by atoms with Crippen molar-refractivity contribution in [3.63, 3.8) is 0 Å². The SMILES string of the molecule is C[C@@H]1CNCCN1C(=O)C=C1CCC1. The molecule has 0 unspecified atom stereocenters. The van der Waals surface area contributed by atoms with Gasteiger partial charge in [0.1, 0.15) is 0 Å². The second-order valence-electron chi connectivity index (χ2n) is 4.24. The number of rotatable bonds is 1. The molecule has 1 heterocycles. The molecule has 1 N–H and O–H groups in total. The molecule has 1 saturated carbocycles. The summed E-state index contributed by atoms with van der Waals surface area (Å²) in [6.07, 6.45) is 5.37. The van der Waals surface area contributed by atoms with Gasteiger partial charge in [0.05, 0.1) is 0 Å². The molecule has 1 amide bonds. The molecule has 1 atom stereocenters. The van der Waals surface area contributed by atoms with Gasteiger partial charge in [-0.2, -0.15) is 0 Å². The lowest BCUT2D eigenvalue weighted by Gasteiger charge is -2.33. The average Bonchev–Trinajstić information content (AvgIpc) is 2.12. The van der Waals surface area contributed by atoms with E-state index in [-0.39, 0.29) is 5.91 Å². The van der Waals surface area contributed by atoms with Gasteiger partial charge in [-0.3, -0.25) is 4.79 Å². The number of amides is 1. The molecule has 0 aromatic heterocycles. The van der Waals surface area contributed by atoms with E-state index in [9.17, 15) is 4.79 Å². The van der Waals surface area contributed by atoms with Gasteiger partial charge in [-0.15, -0.1) is 0 Å². The van der Waals surface area contributed by atoms with E-state index in [1.54, 1.807) is 0 Å². The summed E-state index contributed by atoms with van der Waals surface area (Å²) in [6, 6.07) is 0.341. The minimum Gasteiger partial charge on any atom is -0.334 e. The summed E-state index contributed by atoms with van der Waals surface area (Å²) in [5.41, 5.74) is 1.33. The van der Waals surface area contributed by atoms with E-state index in [0.717, 1.165) is 32.5 Å². The minimum absolute atomic E-state index is 0.216. The second kappa shape index (κ2) is 4.13. The van der Waals surface area contributed by atoms with Crippen LogP contribution in [-0.4, -0.2) is 36.5 Å². The summed E-state index contributed by atoms with van der Waals surface area (Å²) < 4.78 is 0. The molecule has 0 bridgehead atoms. The van der Waals surface area contributed by atoms with Crippen LogP contribution in [0, 0.1) is 0 Å². The zero-order valence-electron chi connectivity index (χ0n) is 8.75. The normalized spacial score (nSPS) is 27.1. The predicted octanol–water partition coefficient (Wildman–Crippen LogP) is 0.917. The first kappa shape index (κ1) is 9.71. The summed E-state index contributed by atoms with van der Waals surface area (Å²) >= 11 is 0. The Morgan fingerprint density at radius 3 is 2.93 bits per heavy atom. The quantitative estimate of drug-likeness (QED) is 0.629. The van der Waals surface area contributed by atoms with Gasteiger partial charge in [-0.25, -0.2) is 0 Å². The zero-order valence-corrected chi connectivity index (χ0v) is 8.75. The molecule has 3 nitrogen and oxygen atoms in total. The van der Waals surface area contributed by atoms with Crippen molar-refractivity contribution < 1.29 is 4.79 Å². The molecule has 1 aliphatic heterocycles. The largest absolute Gasteiger partial charge is 0.334 e. The molecule has 0 spiro atoms. The topological polar surface area (TPSA) is 32.3 Å². The Kier molecular flexibility index (Phi) is 2.87. The number of nitrogens with one attached hydrogen (secondary N) is 1. The Bertz CT molecular complexity index is 254. The fraction of sp³-hybridized carbons (Fsp3) is 0.727. The van der Waals surface area contributed by atoms with Crippen LogP contribution in [0.15, 0.2) is 11.6 Å². The summed E-state index contributed by atoms with van der Waals surface area (Å²) in [7, 11) is 0. The van der Waals surface area contributed by atoms with Gasteiger partial charge in [-0.1, -0.05) is 5.57 Å². The van der Waals surface area contributed by atoms with E-state index in [4.69, 9.17) is 0 Å². The molecule has 78 valence electrons. The number of allylic oxidation sites excluding steroid dienone is 1. The Labute approximate surface area is 85.2 Å². The third kappa shape index (κ3) is 1.98. The lowest BCUT2D eigenvalue weighted by Crippen LogP contribution is -2.51. The Hall–Kier alpha value is -0.830. The van der Waals surface area contributed by atoms with Crippen molar-refractivity contribution in [2.45, 2.75) is 32.2 Å². The van der Waals surface area contributed by atoms with Crippen LogP contribution in [0.4, 0.5) is 0 Å². The van der Waals surface area contributed by atoms with Crippen molar-refractivity contribution in [2.75, 3.05) is 19.6 Å². The summed E-state index contributed by atoms with van der Waals surface area (Å²) in [5, 5.41) is 3.29. The van der Waals surface area contributed by atoms with Crippen LogP contribution < -0.4 is 5.32 Å². The van der Waals surface area contributed by atoms with Crippen LogP contribution >= 0.6 is 0 Å². The first-order valence-electron chi connectivity index (χ1n) is 5.48. The summed E-state index contributed by atoms with van der Waals surface area (Å²) in [5.74, 6) is 0.216. The molecule has 2 aliphatic rings. The van der Waals surface area contributed by atoms with E-state index in [0.29, 0.717) is 6.04 Å². The smallest absolute Gasteiger partial charge is 0.246 e. The van der Waals surface area contributed by atoms with Crippen molar-refractivity contribution in [1.82, 2.24) is 10.2 Å². The number of carbonyl (C=O) groups is 1. The summed E-state index contributed by atoms with van der Waals surface area (Å²) in [6.45, 7) is 4.81. The lowest BCUT2D eigenvalue weighted by atomic mass is 9.92. The van der Waals surface area contributed by atoms with Crippen molar-refractivity contribution in [1.29, 1.82) is 0 Å². The molecule has 3 heteroatoms. The zero-order chi connectivity index (χ0) is 9.97. The van der Waals surface area contributed by atoms with Gasteiger partial charge in [0.2, 0.25) is 5.91 Å². The van der Waals surface area contributed by atoms with E-state index in [1.807, 2.05) is 11.0 Å². The first-order valence-corrected chi connectivity index (χ1v) is 5.48. The number of piperazine rings is 1. The van der Waals surface area contributed by atoms with Crippen LogP contribution in [-0.2, 0) is 4.79 Å². The van der Waals surface area contributed by atoms with Crippen molar-refractivity contribution in [3.8, 4) is 0 Å². The van der Waals surface area contributed by atoms with Crippen molar-refractivity contribution in [3.05, 3.63) is 11.6 Å². The first-order chi connectivity index (χ1) is 6.77. The van der Waals surface area contributed by atoms with Gasteiger partial charge >= 0.3 is 0 Å². The van der Waals surface area contributed by atoms with E-state index < -0.39 is 0 Å². The van der Waals surface area contributed by atoms with Crippen LogP contribution in [0.1, 0.15) is 26.2 Å². The molecule has 2 rings (SSSR count). The number of hydrogen-bond acceptors (Lipinski definition) is 2. The van der Waals surface area contributed by atoms with Crippen molar-refractivity contribution in [2.24, 2.45) is 0 Å². The van der Waals surface area contributed by atoms with Crippen molar-refractivity contribution >= 4 is 5.91 Å². The lowest BCUT2D eigenvalue weighted by molar-refractivity contribution is -0.128. The molecule has 14 heavy (non-hydrogen) atoms. The highest BCUT2D eigenvalue weighted by atomic mass is 16.2. The molecular formula is C11H18N2O.